The van der Waals surface area contributed by atoms with E-state index in [2.05, 4.69) is 10.3 Å². The van der Waals surface area contributed by atoms with E-state index in [1.807, 2.05) is 27.7 Å². The molecule has 0 fully saturated rings. The molecule has 4 nitrogen and oxygen atoms in total. The lowest BCUT2D eigenvalue weighted by atomic mass is 10.0. The molecule has 0 heterocycles. The standard InChI is InChI=1S/C16H19F4N3O.2C2H6/c1-4-12(14(22-3)16(18,19)20)15(24)23-8-11-6-5-10(7-21)13(17)9(11)2;2*1-2/h4-6H,7-8,21H2,1-3H3,(H,23,24);2*1-2H3/b12-4+,22-14?;;. The number of hydrogen-bond acceptors (Lipinski definition) is 3. The zero-order valence-electron chi connectivity index (χ0n) is 17.6. The Bertz CT molecular complexity index is 681. The van der Waals surface area contributed by atoms with Crippen LogP contribution in [0.3, 0.4) is 0 Å². The van der Waals surface area contributed by atoms with Crippen LogP contribution in [-0.4, -0.2) is 24.8 Å². The first kappa shape index (κ1) is 28.0. The van der Waals surface area contributed by atoms with Crippen molar-refractivity contribution in [2.75, 3.05) is 7.05 Å². The smallest absolute Gasteiger partial charge is 0.348 e. The number of benzene rings is 1. The summed E-state index contributed by atoms with van der Waals surface area (Å²) in [5.74, 6) is -1.42. The van der Waals surface area contributed by atoms with Gasteiger partial charge in [-0.3, -0.25) is 9.79 Å². The Kier molecular flexibility index (Phi) is 13.9. The fraction of sp³-hybridized carbons (Fsp3) is 0.500. The van der Waals surface area contributed by atoms with Gasteiger partial charge in [0.25, 0.3) is 5.91 Å². The maximum absolute atomic E-state index is 14.0. The van der Waals surface area contributed by atoms with Gasteiger partial charge in [0.1, 0.15) is 5.82 Å². The van der Waals surface area contributed by atoms with Crippen LogP contribution in [0.5, 0.6) is 0 Å². The summed E-state index contributed by atoms with van der Waals surface area (Å²) < 4.78 is 52.6. The number of aliphatic imine (C=N–C) groups is 1. The van der Waals surface area contributed by atoms with Gasteiger partial charge < -0.3 is 11.1 Å². The monoisotopic (exact) mass is 405 g/mol. The van der Waals surface area contributed by atoms with E-state index in [4.69, 9.17) is 5.73 Å². The Hall–Kier alpha value is -2.22. The van der Waals surface area contributed by atoms with E-state index >= 15 is 0 Å². The molecule has 0 saturated carbocycles. The molecule has 0 atom stereocenters. The highest BCUT2D eigenvalue weighted by Crippen LogP contribution is 2.23. The van der Waals surface area contributed by atoms with Crippen molar-refractivity contribution in [2.24, 2.45) is 10.7 Å². The van der Waals surface area contributed by atoms with Crippen LogP contribution in [0.4, 0.5) is 17.6 Å². The third-order valence-corrected chi connectivity index (χ3v) is 3.52. The zero-order valence-corrected chi connectivity index (χ0v) is 17.6. The van der Waals surface area contributed by atoms with Crippen molar-refractivity contribution in [3.05, 3.63) is 46.3 Å². The van der Waals surface area contributed by atoms with Crippen LogP contribution in [0.15, 0.2) is 28.8 Å². The van der Waals surface area contributed by atoms with Crippen molar-refractivity contribution in [1.82, 2.24) is 5.32 Å². The predicted molar refractivity (Wildman–Crippen MR) is 107 cm³/mol. The van der Waals surface area contributed by atoms with Crippen molar-refractivity contribution in [3.63, 3.8) is 0 Å². The molecule has 0 aromatic heterocycles. The van der Waals surface area contributed by atoms with Gasteiger partial charge in [0.15, 0.2) is 5.71 Å². The molecule has 0 bridgehead atoms. The summed E-state index contributed by atoms with van der Waals surface area (Å²) in [6.45, 7) is 10.7. The fourth-order valence-corrected chi connectivity index (χ4v) is 2.18. The number of nitrogens with one attached hydrogen (secondary N) is 1. The van der Waals surface area contributed by atoms with Crippen LogP contribution in [0.25, 0.3) is 0 Å². The molecule has 160 valence electrons. The van der Waals surface area contributed by atoms with E-state index < -0.39 is 29.2 Å². The number of carbonyl (C=O) groups is 1. The van der Waals surface area contributed by atoms with Gasteiger partial charge in [-0.15, -0.1) is 0 Å². The molecule has 1 amide bonds. The summed E-state index contributed by atoms with van der Waals surface area (Å²) in [6.07, 6.45) is -3.70. The van der Waals surface area contributed by atoms with E-state index in [0.717, 1.165) is 13.1 Å². The Morgan fingerprint density at radius 1 is 1.18 bits per heavy atom. The molecule has 0 spiro atoms. The lowest BCUT2D eigenvalue weighted by Gasteiger charge is -2.15. The quantitative estimate of drug-likeness (QED) is 0.418. The number of nitrogens with zero attached hydrogens (tertiary/aromatic N) is 1. The lowest BCUT2D eigenvalue weighted by Crippen LogP contribution is -2.34. The summed E-state index contributed by atoms with van der Waals surface area (Å²) >= 11 is 0. The maximum atomic E-state index is 14.0. The summed E-state index contributed by atoms with van der Waals surface area (Å²) in [6, 6.07) is 3.06. The van der Waals surface area contributed by atoms with Gasteiger partial charge in [-0.25, -0.2) is 4.39 Å². The minimum Gasteiger partial charge on any atom is -0.348 e. The topological polar surface area (TPSA) is 67.5 Å². The highest BCUT2D eigenvalue weighted by atomic mass is 19.4. The number of amides is 1. The van der Waals surface area contributed by atoms with Gasteiger partial charge in [0.05, 0.1) is 5.57 Å². The fourth-order valence-electron chi connectivity index (χ4n) is 2.18. The Balaban J connectivity index is 0. The molecular weight excluding hydrogens is 374 g/mol. The van der Waals surface area contributed by atoms with Crippen molar-refractivity contribution in [1.29, 1.82) is 0 Å². The summed E-state index contributed by atoms with van der Waals surface area (Å²) in [5.41, 5.74) is 4.63. The number of rotatable bonds is 5. The SMILES string of the molecule is C/C=C(/C(=O)NCc1ccc(CN)c(F)c1C)C(=NC)C(F)(F)F.CC.CC. The largest absolute Gasteiger partial charge is 0.433 e. The van der Waals surface area contributed by atoms with Gasteiger partial charge in [-0.05, 0) is 25.0 Å². The van der Waals surface area contributed by atoms with Crippen LogP contribution in [0.2, 0.25) is 0 Å². The van der Waals surface area contributed by atoms with E-state index in [0.29, 0.717) is 16.7 Å². The third-order valence-electron chi connectivity index (χ3n) is 3.52. The Labute approximate surface area is 164 Å². The number of alkyl halides is 3. The second-order valence-corrected chi connectivity index (χ2v) is 4.98. The highest BCUT2D eigenvalue weighted by Gasteiger charge is 2.39. The molecule has 0 radical (unpaired) electrons. The van der Waals surface area contributed by atoms with Gasteiger partial charge in [0, 0.05) is 25.7 Å². The Morgan fingerprint density at radius 3 is 2.07 bits per heavy atom. The minimum atomic E-state index is -4.74. The third kappa shape index (κ3) is 7.80. The second-order valence-electron chi connectivity index (χ2n) is 4.98. The van der Waals surface area contributed by atoms with Gasteiger partial charge in [0.2, 0.25) is 0 Å². The number of halogens is 4. The molecule has 1 aromatic rings. The molecular formula is C20H31F4N3O. The van der Waals surface area contributed by atoms with E-state index in [9.17, 15) is 22.4 Å². The van der Waals surface area contributed by atoms with Crippen molar-refractivity contribution < 1.29 is 22.4 Å². The van der Waals surface area contributed by atoms with Crippen LogP contribution in [-0.2, 0) is 17.9 Å². The molecule has 0 aliphatic carbocycles. The van der Waals surface area contributed by atoms with Crippen LogP contribution in [0, 0.1) is 12.7 Å². The van der Waals surface area contributed by atoms with Crippen molar-refractivity contribution in [2.45, 2.75) is 60.8 Å². The van der Waals surface area contributed by atoms with Crippen LogP contribution < -0.4 is 11.1 Å². The normalized spacial score (nSPS) is 11.7. The predicted octanol–water partition coefficient (Wildman–Crippen LogP) is 4.84. The first-order valence-electron chi connectivity index (χ1n) is 9.13. The molecule has 0 saturated heterocycles. The summed E-state index contributed by atoms with van der Waals surface area (Å²) in [4.78, 5) is 15.2. The highest BCUT2D eigenvalue weighted by molar-refractivity contribution is 6.23. The second kappa shape index (κ2) is 13.9. The van der Waals surface area contributed by atoms with Gasteiger partial charge >= 0.3 is 6.18 Å². The summed E-state index contributed by atoms with van der Waals surface area (Å²) in [5, 5.41) is 2.36. The molecule has 1 aromatic carbocycles. The van der Waals surface area contributed by atoms with Crippen LogP contribution in [0.1, 0.15) is 51.3 Å². The molecule has 0 unspecified atom stereocenters. The number of allylic oxidation sites excluding steroid dienone is 1. The first-order chi connectivity index (χ1) is 13.2. The molecule has 1 rings (SSSR count). The average molecular weight is 405 g/mol. The molecule has 3 N–H and O–H groups in total. The van der Waals surface area contributed by atoms with E-state index in [-0.39, 0.29) is 13.1 Å². The van der Waals surface area contributed by atoms with Gasteiger partial charge in [-0.1, -0.05) is 45.9 Å². The molecule has 28 heavy (non-hydrogen) atoms. The minimum absolute atomic E-state index is 0.0317. The van der Waals surface area contributed by atoms with Gasteiger partial charge in [-0.2, -0.15) is 13.2 Å². The maximum Gasteiger partial charge on any atom is 0.433 e. The molecule has 8 heteroatoms. The molecule has 0 aliphatic rings. The lowest BCUT2D eigenvalue weighted by molar-refractivity contribution is -0.117. The van der Waals surface area contributed by atoms with E-state index in [1.54, 1.807) is 6.07 Å². The first-order valence-corrected chi connectivity index (χ1v) is 9.13. The Morgan fingerprint density at radius 2 is 1.68 bits per heavy atom. The van der Waals surface area contributed by atoms with Crippen molar-refractivity contribution >= 4 is 11.6 Å². The molecule has 0 aliphatic heterocycles. The number of nitrogens with two attached hydrogens (primary N) is 1. The number of carbonyl (C=O) groups excluding carboxylic acids is 1. The van der Waals surface area contributed by atoms with E-state index in [1.165, 1.54) is 19.9 Å². The van der Waals surface area contributed by atoms with Crippen molar-refractivity contribution in [3.8, 4) is 0 Å². The average Bonchev–Trinajstić information content (AvgIpc) is 2.69. The zero-order chi connectivity index (χ0) is 22.5. The summed E-state index contributed by atoms with van der Waals surface area (Å²) in [7, 11) is 0.963. The number of hydrogen-bond donors (Lipinski definition) is 2. The van der Waals surface area contributed by atoms with Crippen LogP contribution >= 0.6 is 0 Å².